The summed E-state index contributed by atoms with van der Waals surface area (Å²) < 4.78 is 18.0. The van der Waals surface area contributed by atoms with Crippen LogP contribution in [0.1, 0.15) is 6.92 Å². The Balaban J connectivity index is 0.00000400. The fourth-order valence-electron chi connectivity index (χ4n) is 1.48. The van der Waals surface area contributed by atoms with E-state index >= 15 is 0 Å². The molecular formula is C14H23FIN3OS. The van der Waals surface area contributed by atoms with E-state index in [4.69, 9.17) is 4.74 Å². The van der Waals surface area contributed by atoms with Gasteiger partial charge in [-0.1, -0.05) is 0 Å². The Hall–Kier alpha value is -0.540. The standard InChI is InChI=1S/C14H22FN3OS.HI/c1-3-19-10-8-17-14(16-2)18-9-11-20-13-6-4-12(15)5-7-13;/h4-7H,3,8-11H2,1-2H3,(H2,16,17,18);1H. The number of nitrogens with one attached hydrogen (secondary N) is 2. The van der Waals surface area contributed by atoms with Crippen molar-refractivity contribution < 1.29 is 9.13 Å². The average Bonchev–Trinajstić information content (AvgIpc) is 2.47. The second-order valence-corrected chi connectivity index (χ2v) is 5.09. The van der Waals surface area contributed by atoms with Crippen LogP contribution in [0.5, 0.6) is 0 Å². The molecule has 1 rings (SSSR count). The maximum atomic E-state index is 12.7. The predicted octanol–water partition coefficient (Wildman–Crippen LogP) is 2.74. The molecule has 0 unspecified atom stereocenters. The van der Waals surface area contributed by atoms with E-state index in [1.54, 1.807) is 30.9 Å². The van der Waals surface area contributed by atoms with Gasteiger partial charge in [-0.15, -0.1) is 35.7 Å². The van der Waals surface area contributed by atoms with E-state index in [1.807, 2.05) is 6.92 Å². The van der Waals surface area contributed by atoms with Crippen LogP contribution in [0.4, 0.5) is 4.39 Å². The lowest BCUT2D eigenvalue weighted by molar-refractivity contribution is 0.152. The molecule has 0 aliphatic carbocycles. The topological polar surface area (TPSA) is 45.6 Å². The number of thioether (sulfide) groups is 1. The van der Waals surface area contributed by atoms with Gasteiger partial charge in [0.1, 0.15) is 5.82 Å². The first-order valence-electron chi connectivity index (χ1n) is 6.67. The SMILES string of the molecule is CCOCCNC(=NC)NCCSc1ccc(F)cc1.I. The van der Waals surface area contributed by atoms with Crippen molar-refractivity contribution in [1.82, 2.24) is 10.6 Å². The van der Waals surface area contributed by atoms with Gasteiger partial charge in [-0.3, -0.25) is 4.99 Å². The smallest absolute Gasteiger partial charge is 0.191 e. The summed E-state index contributed by atoms with van der Waals surface area (Å²) in [5, 5.41) is 6.38. The first-order chi connectivity index (χ1) is 9.76. The maximum Gasteiger partial charge on any atom is 0.191 e. The third-order valence-electron chi connectivity index (χ3n) is 2.44. The van der Waals surface area contributed by atoms with E-state index in [0.717, 1.165) is 36.3 Å². The molecule has 1 aromatic carbocycles. The highest BCUT2D eigenvalue weighted by Gasteiger charge is 1.98. The van der Waals surface area contributed by atoms with Gasteiger partial charge in [-0.25, -0.2) is 4.39 Å². The van der Waals surface area contributed by atoms with E-state index < -0.39 is 0 Å². The van der Waals surface area contributed by atoms with Gasteiger partial charge in [0.05, 0.1) is 6.61 Å². The molecule has 0 amide bonds. The maximum absolute atomic E-state index is 12.7. The molecule has 0 radical (unpaired) electrons. The van der Waals surface area contributed by atoms with Gasteiger partial charge in [0.15, 0.2) is 5.96 Å². The zero-order valence-corrected chi connectivity index (χ0v) is 15.5. The van der Waals surface area contributed by atoms with Crippen molar-refractivity contribution in [3.8, 4) is 0 Å². The molecule has 0 aliphatic heterocycles. The summed E-state index contributed by atoms with van der Waals surface area (Å²) in [5.74, 6) is 1.45. The molecule has 120 valence electrons. The van der Waals surface area contributed by atoms with Gasteiger partial charge >= 0.3 is 0 Å². The Morgan fingerprint density at radius 1 is 1.24 bits per heavy atom. The molecule has 0 atom stereocenters. The van der Waals surface area contributed by atoms with Gasteiger partial charge in [0.2, 0.25) is 0 Å². The number of hydrogen-bond donors (Lipinski definition) is 2. The molecule has 0 saturated heterocycles. The molecular weight excluding hydrogens is 404 g/mol. The Morgan fingerprint density at radius 3 is 2.52 bits per heavy atom. The average molecular weight is 427 g/mol. The normalized spacial score (nSPS) is 10.9. The van der Waals surface area contributed by atoms with Crippen molar-refractivity contribution in [2.45, 2.75) is 11.8 Å². The van der Waals surface area contributed by atoms with Crippen molar-refractivity contribution in [1.29, 1.82) is 0 Å². The molecule has 0 heterocycles. The Labute approximate surface area is 147 Å². The fourth-order valence-corrected chi connectivity index (χ4v) is 2.24. The minimum atomic E-state index is -0.202. The highest BCUT2D eigenvalue weighted by atomic mass is 127. The van der Waals surface area contributed by atoms with E-state index in [-0.39, 0.29) is 29.8 Å². The van der Waals surface area contributed by atoms with Gasteiger partial charge in [-0.05, 0) is 31.2 Å². The van der Waals surface area contributed by atoms with Crippen molar-refractivity contribution in [3.63, 3.8) is 0 Å². The summed E-state index contributed by atoms with van der Waals surface area (Å²) >= 11 is 1.68. The van der Waals surface area contributed by atoms with Crippen LogP contribution in [0.3, 0.4) is 0 Å². The summed E-state index contributed by atoms with van der Waals surface area (Å²) in [4.78, 5) is 5.18. The van der Waals surface area contributed by atoms with Crippen molar-refractivity contribution >= 4 is 41.7 Å². The van der Waals surface area contributed by atoms with Crippen LogP contribution in [-0.2, 0) is 4.74 Å². The molecule has 0 saturated carbocycles. The van der Waals surface area contributed by atoms with Crippen LogP contribution in [0, 0.1) is 5.82 Å². The minimum absolute atomic E-state index is 0. The molecule has 4 nitrogen and oxygen atoms in total. The highest BCUT2D eigenvalue weighted by molar-refractivity contribution is 14.0. The number of ether oxygens (including phenoxy) is 1. The van der Waals surface area contributed by atoms with E-state index in [2.05, 4.69) is 15.6 Å². The zero-order chi connectivity index (χ0) is 14.6. The number of nitrogens with zero attached hydrogens (tertiary/aromatic N) is 1. The fraction of sp³-hybridized carbons (Fsp3) is 0.500. The molecule has 7 heteroatoms. The van der Waals surface area contributed by atoms with E-state index in [9.17, 15) is 4.39 Å². The monoisotopic (exact) mass is 427 g/mol. The number of rotatable bonds is 8. The Bertz CT molecular complexity index is 404. The molecule has 21 heavy (non-hydrogen) atoms. The van der Waals surface area contributed by atoms with Crippen LogP contribution in [0.25, 0.3) is 0 Å². The van der Waals surface area contributed by atoms with Crippen molar-refractivity contribution in [2.75, 3.05) is 39.1 Å². The third kappa shape index (κ3) is 9.92. The van der Waals surface area contributed by atoms with Gasteiger partial charge in [-0.2, -0.15) is 0 Å². The summed E-state index contributed by atoms with van der Waals surface area (Å²) in [6.07, 6.45) is 0. The number of aliphatic imine (C=N–C) groups is 1. The number of guanidine groups is 1. The number of hydrogen-bond acceptors (Lipinski definition) is 3. The second kappa shape index (κ2) is 13.1. The molecule has 0 aromatic heterocycles. The van der Waals surface area contributed by atoms with Crippen molar-refractivity contribution in [2.24, 2.45) is 4.99 Å². The van der Waals surface area contributed by atoms with Crippen LogP contribution in [0.15, 0.2) is 34.2 Å². The first-order valence-corrected chi connectivity index (χ1v) is 7.65. The second-order valence-electron chi connectivity index (χ2n) is 3.93. The minimum Gasteiger partial charge on any atom is -0.380 e. The predicted molar refractivity (Wildman–Crippen MR) is 98.4 cm³/mol. The third-order valence-corrected chi connectivity index (χ3v) is 3.46. The number of halogens is 2. The molecule has 0 fully saturated rings. The van der Waals surface area contributed by atoms with E-state index in [1.165, 1.54) is 12.1 Å². The van der Waals surface area contributed by atoms with E-state index in [0.29, 0.717) is 6.61 Å². The Morgan fingerprint density at radius 2 is 1.90 bits per heavy atom. The quantitative estimate of drug-likeness (QED) is 0.220. The lowest BCUT2D eigenvalue weighted by atomic mass is 10.4. The highest BCUT2D eigenvalue weighted by Crippen LogP contribution is 2.16. The molecule has 2 N–H and O–H groups in total. The summed E-state index contributed by atoms with van der Waals surface area (Å²) in [6.45, 7) is 4.89. The molecule has 1 aromatic rings. The molecule has 0 spiro atoms. The lowest BCUT2D eigenvalue weighted by Crippen LogP contribution is -2.39. The van der Waals surface area contributed by atoms with Crippen LogP contribution in [0.2, 0.25) is 0 Å². The molecule has 0 aliphatic rings. The summed E-state index contributed by atoms with van der Waals surface area (Å²) in [5.41, 5.74) is 0. The first kappa shape index (κ1) is 20.5. The van der Waals surface area contributed by atoms with Crippen LogP contribution < -0.4 is 10.6 Å². The summed E-state index contributed by atoms with van der Waals surface area (Å²) in [7, 11) is 1.74. The van der Waals surface area contributed by atoms with Gasteiger partial charge < -0.3 is 15.4 Å². The van der Waals surface area contributed by atoms with Crippen LogP contribution in [-0.4, -0.2) is 45.1 Å². The Kier molecular flexibility index (Phi) is 12.8. The largest absolute Gasteiger partial charge is 0.380 e. The lowest BCUT2D eigenvalue weighted by Gasteiger charge is -2.11. The van der Waals surface area contributed by atoms with Crippen molar-refractivity contribution in [3.05, 3.63) is 30.1 Å². The van der Waals surface area contributed by atoms with Gasteiger partial charge in [0.25, 0.3) is 0 Å². The zero-order valence-electron chi connectivity index (χ0n) is 12.4. The van der Waals surface area contributed by atoms with Gasteiger partial charge in [0, 0.05) is 37.4 Å². The summed E-state index contributed by atoms with van der Waals surface area (Å²) in [6, 6.07) is 6.53. The molecule has 0 bridgehead atoms. The van der Waals surface area contributed by atoms with Crippen LogP contribution >= 0.6 is 35.7 Å². The number of benzene rings is 1.